The Morgan fingerprint density at radius 2 is 1.94 bits per heavy atom. The minimum atomic E-state index is -0.0797. The average molecular weight is 274 g/mol. The Kier molecular flexibility index (Phi) is 7.05. The van der Waals surface area contributed by atoms with E-state index in [0.29, 0.717) is 31.5 Å². The third-order valence-electron chi connectivity index (χ3n) is 2.39. The van der Waals surface area contributed by atoms with E-state index in [1.54, 1.807) is 13.2 Å². The minimum Gasteiger partial charge on any atom is -0.491 e. The molecule has 0 aliphatic rings. The first kappa shape index (κ1) is 15.2. The summed E-state index contributed by atoms with van der Waals surface area (Å²) in [6.07, 6.45) is 0. The van der Waals surface area contributed by atoms with Crippen molar-refractivity contribution in [2.45, 2.75) is 13.0 Å². The van der Waals surface area contributed by atoms with Crippen molar-refractivity contribution in [3.63, 3.8) is 0 Å². The van der Waals surface area contributed by atoms with E-state index in [9.17, 15) is 0 Å². The lowest BCUT2D eigenvalue weighted by atomic mass is 10.1. The van der Waals surface area contributed by atoms with E-state index in [2.05, 4.69) is 0 Å². The Hall–Kier alpha value is -0.810. The van der Waals surface area contributed by atoms with Gasteiger partial charge in [-0.05, 0) is 24.6 Å². The molecule has 0 saturated carbocycles. The zero-order valence-electron chi connectivity index (χ0n) is 10.8. The third kappa shape index (κ3) is 5.23. The van der Waals surface area contributed by atoms with Crippen LogP contribution in [0, 0.1) is 0 Å². The molecule has 1 atom stereocenters. The van der Waals surface area contributed by atoms with E-state index in [0.717, 1.165) is 11.3 Å². The van der Waals surface area contributed by atoms with Gasteiger partial charge in [-0.15, -0.1) is 0 Å². The number of halogens is 1. The highest BCUT2D eigenvalue weighted by atomic mass is 35.5. The van der Waals surface area contributed by atoms with Gasteiger partial charge in [-0.2, -0.15) is 0 Å². The maximum atomic E-state index is 6.10. The van der Waals surface area contributed by atoms with E-state index in [1.165, 1.54) is 0 Å². The molecule has 0 aliphatic heterocycles. The standard InChI is InChI=1S/C13H20ClNO3/c1-10(15)12-4-3-11(9-13(12)14)18-8-7-17-6-5-16-2/h3-4,9-10H,5-8,15H2,1-2H3. The normalized spacial score (nSPS) is 12.4. The van der Waals surface area contributed by atoms with Crippen molar-refractivity contribution < 1.29 is 14.2 Å². The van der Waals surface area contributed by atoms with Crippen molar-refractivity contribution in [3.8, 4) is 5.75 Å². The third-order valence-corrected chi connectivity index (χ3v) is 2.72. The van der Waals surface area contributed by atoms with Crippen molar-refractivity contribution in [1.82, 2.24) is 0 Å². The van der Waals surface area contributed by atoms with Gasteiger partial charge in [0.2, 0.25) is 0 Å². The van der Waals surface area contributed by atoms with Gasteiger partial charge in [0.15, 0.2) is 0 Å². The molecule has 0 aromatic heterocycles. The number of methoxy groups -OCH3 is 1. The summed E-state index contributed by atoms with van der Waals surface area (Å²) in [5, 5.41) is 0.628. The quantitative estimate of drug-likeness (QED) is 0.739. The van der Waals surface area contributed by atoms with Crippen molar-refractivity contribution in [2.24, 2.45) is 5.73 Å². The largest absolute Gasteiger partial charge is 0.491 e. The molecular weight excluding hydrogens is 254 g/mol. The maximum Gasteiger partial charge on any atom is 0.120 e. The fourth-order valence-corrected chi connectivity index (χ4v) is 1.77. The Balaban J connectivity index is 2.33. The van der Waals surface area contributed by atoms with Crippen LogP contribution in [0.1, 0.15) is 18.5 Å². The van der Waals surface area contributed by atoms with Gasteiger partial charge >= 0.3 is 0 Å². The van der Waals surface area contributed by atoms with E-state index >= 15 is 0 Å². The lowest BCUT2D eigenvalue weighted by Crippen LogP contribution is -2.10. The van der Waals surface area contributed by atoms with Crippen LogP contribution in [-0.2, 0) is 9.47 Å². The van der Waals surface area contributed by atoms with Gasteiger partial charge in [0.05, 0.1) is 19.8 Å². The Morgan fingerprint density at radius 3 is 2.56 bits per heavy atom. The summed E-state index contributed by atoms with van der Waals surface area (Å²) < 4.78 is 15.7. The summed E-state index contributed by atoms with van der Waals surface area (Å²) >= 11 is 6.10. The van der Waals surface area contributed by atoms with Crippen LogP contribution in [-0.4, -0.2) is 33.5 Å². The van der Waals surface area contributed by atoms with Crippen LogP contribution in [0.25, 0.3) is 0 Å². The van der Waals surface area contributed by atoms with Gasteiger partial charge in [-0.25, -0.2) is 0 Å². The second-order valence-electron chi connectivity index (χ2n) is 3.93. The van der Waals surface area contributed by atoms with Crippen LogP contribution in [0.4, 0.5) is 0 Å². The van der Waals surface area contributed by atoms with Gasteiger partial charge in [0.25, 0.3) is 0 Å². The molecule has 4 nitrogen and oxygen atoms in total. The minimum absolute atomic E-state index is 0.0797. The molecule has 102 valence electrons. The predicted molar refractivity (Wildman–Crippen MR) is 72.2 cm³/mol. The Morgan fingerprint density at radius 1 is 1.22 bits per heavy atom. The van der Waals surface area contributed by atoms with Crippen LogP contribution >= 0.6 is 11.6 Å². The zero-order chi connectivity index (χ0) is 13.4. The molecule has 1 unspecified atom stereocenters. The highest BCUT2D eigenvalue weighted by molar-refractivity contribution is 6.31. The van der Waals surface area contributed by atoms with E-state index in [1.807, 2.05) is 19.1 Å². The molecule has 1 rings (SSSR count). The molecule has 5 heteroatoms. The predicted octanol–water partition coefficient (Wildman–Crippen LogP) is 2.40. The van der Waals surface area contributed by atoms with E-state index in [4.69, 9.17) is 31.5 Å². The van der Waals surface area contributed by atoms with E-state index in [-0.39, 0.29) is 6.04 Å². The Bertz CT molecular complexity index is 358. The van der Waals surface area contributed by atoms with Crippen LogP contribution in [0.15, 0.2) is 18.2 Å². The average Bonchev–Trinajstić information content (AvgIpc) is 2.33. The van der Waals surface area contributed by atoms with Crippen molar-refractivity contribution in [2.75, 3.05) is 33.5 Å². The summed E-state index contributed by atoms with van der Waals surface area (Å²) in [5.41, 5.74) is 6.69. The lowest BCUT2D eigenvalue weighted by Gasteiger charge is -2.11. The van der Waals surface area contributed by atoms with Crippen molar-refractivity contribution in [1.29, 1.82) is 0 Å². The fraction of sp³-hybridized carbons (Fsp3) is 0.538. The smallest absolute Gasteiger partial charge is 0.120 e. The SMILES string of the molecule is COCCOCCOc1ccc(C(C)N)c(Cl)c1. The van der Waals surface area contributed by atoms with Crippen molar-refractivity contribution in [3.05, 3.63) is 28.8 Å². The topological polar surface area (TPSA) is 53.7 Å². The van der Waals surface area contributed by atoms with Gasteiger partial charge < -0.3 is 19.9 Å². The maximum absolute atomic E-state index is 6.10. The first-order valence-electron chi connectivity index (χ1n) is 5.89. The second-order valence-corrected chi connectivity index (χ2v) is 4.33. The lowest BCUT2D eigenvalue weighted by molar-refractivity contribution is 0.0544. The molecule has 1 aromatic rings. The zero-order valence-corrected chi connectivity index (χ0v) is 11.6. The monoisotopic (exact) mass is 273 g/mol. The molecule has 0 spiro atoms. The van der Waals surface area contributed by atoms with Gasteiger partial charge in [-0.3, -0.25) is 0 Å². The summed E-state index contributed by atoms with van der Waals surface area (Å²) in [5.74, 6) is 0.722. The fourth-order valence-electron chi connectivity index (χ4n) is 1.43. The molecule has 1 aromatic carbocycles. The molecule has 0 aliphatic carbocycles. The number of nitrogens with two attached hydrogens (primary N) is 1. The van der Waals surface area contributed by atoms with Gasteiger partial charge in [0, 0.05) is 18.2 Å². The number of rotatable bonds is 8. The van der Waals surface area contributed by atoms with Gasteiger partial charge in [0.1, 0.15) is 12.4 Å². The molecule has 0 bridgehead atoms. The summed E-state index contributed by atoms with van der Waals surface area (Å²) in [7, 11) is 1.64. The summed E-state index contributed by atoms with van der Waals surface area (Å²) in [4.78, 5) is 0. The molecule has 0 saturated heterocycles. The first-order chi connectivity index (χ1) is 8.65. The number of ether oxygens (including phenoxy) is 3. The summed E-state index contributed by atoms with van der Waals surface area (Å²) in [6.45, 7) is 4.07. The highest BCUT2D eigenvalue weighted by Gasteiger charge is 2.06. The number of hydrogen-bond acceptors (Lipinski definition) is 4. The van der Waals surface area contributed by atoms with Crippen LogP contribution in [0.5, 0.6) is 5.75 Å². The number of benzene rings is 1. The van der Waals surface area contributed by atoms with Crippen LogP contribution < -0.4 is 10.5 Å². The van der Waals surface area contributed by atoms with Gasteiger partial charge in [-0.1, -0.05) is 17.7 Å². The second kappa shape index (κ2) is 8.32. The molecule has 0 radical (unpaired) electrons. The highest BCUT2D eigenvalue weighted by Crippen LogP contribution is 2.26. The first-order valence-corrected chi connectivity index (χ1v) is 6.27. The molecule has 18 heavy (non-hydrogen) atoms. The molecule has 0 fully saturated rings. The Labute approximate surface area is 113 Å². The molecule has 0 amide bonds. The molecule has 0 heterocycles. The van der Waals surface area contributed by atoms with E-state index < -0.39 is 0 Å². The summed E-state index contributed by atoms with van der Waals surface area (Å²) in [6, 6.07) is 5.44. The van der Waals surface area contributed by atoms with Crippen molar-refractivity contribution >= 4 is 11.6 Å². The number of hydrogen-bond donors (Lipinski definition) is 1. The molecular formula is C13H20ClNO3. The van der Waals surface area contributed by atoms with Crippen LogP contribution in [0.3, 0.4) is 0 Å². The molecule has 2 N–H and O–H groups in total. The van der Waals surface area contributed by atoms with Crippen LogP contribution in [0.2, 0.25) is 5.02 Å².